The lowest BCUT2D eigenvalue weighted by molar-refractivity contribution is -0.146. The van der Waals surface area contributed by atoms with Crippen molar-refractivity contribution in [3.8, 4) is 0 Å². The molecule has 3 nitrogen and oxygen atoms in total. The van der Waals surface area contributed by atoms with Gasteiger partial charge in [0, 0.05) is 7.97 Å². The van der Waals surface area contributed by atoms with Gasteiger partial charge in [0.25, 0.3) is 0 Å². The van der Waals surface area contributed by atoms with E-state index >= 15 is 0 Å². The van der Waals surface area contributed by atoms with Crippen molar-refractivity contribution in [1.82, 2.24) is 4.90 Å². The van der Waals surface area contributed by atoms with Gasteiger partial charge < -0.3 is 9.64 Å². The van der Waals surface area contributed by atoms with Gasteiger partial charge >= 0.3 is 5.97 Å². The second kappa shape index (κ2) is 4.97. The van der Waals surface area contributed by atoms with Crippen LogP contribution in [0, 0.1) is 17.3 Å². The number of nitrogens with zero attached hydrogens (tertiary/aromatic N) is 1. The molecule has 2 heterocycles. The molecule has 0 bridgehead atoms. The van der Waals surface area contributed by atoms with Crippen LogP contribution in [0.4, 0.5) is 0 Å². The SMILES string of the molecule is CC1CCN(CC2(C)CCOC2=O)CCC1C.[HH]. The van der Waals surface area contributed by atoms with Gasteiger partial charge in [-0.25, -0.2) is 0 Å². The lowest BCUT2D eigenvalue weighted by atomic mass is 9.88. The van der Waals surface area contributed by atoms with E-state index in [2.05, 4.69) is 25.7 Å². The number of rotatable bonds is 2. The quantitative estimate of drug-likeness (QED) is 0.696. The summed E-state index contributed by atoms with van der Waals surface area (Å²) < 4.78 is 5.12. The van der Waals surface area contributed by atoms with Gasteiger partial charge in [0.2, 0.25) is 0 Å². The highest BCUT2D eigenvalue weighted by Crippen LogP contribution is 2.32. The van der Waals surface area contributed by atoms with Crippen molar-refractivity contribution < 1.29 is 11.0 Å². The molecule has 2 fully saturated rings. The van der Waals surface area contributed by atoms with Crippen LogP contribution in [0.3, 0.4) is 0 Å². The van der Waals surface area contributed by atoms with E-state index in [1.165, 1.54) is 12.8 Å². The molecule has 3 heteroatoms. The predicted molar refractivity (Wildman–Crippen MR) is 69.8 cm³/mol. The van der Waals surface area contributed by atoms with E-state index in [1.807, 2.05) is 0 Å². The molecular weight excluding hydrogens is 214 g/mol. The molecule has 0 aliphatic carbocycles. The lowest BCUT2D eigenvalue weighted by Gasteiger charge is -2.28. The monoisotopic (exact) mass is 241 g/mol. The molecule has 100 valence electrons. The first-order valence-electron chi connectivity index (χ1n) is 6.91. The first-order chi connectivity index (χ1) is 8.01. The van der Waals surface area contributed by atoms with Crippen LogP contribution in [-0.4, -0.2) is 37.1 Å². The fourth-order valence-corrected chi connectivity index (χ4v) is 2.89. The summed E-state index contributed by atoms with van der Waals surface area (Å²) in [4.78, 5) is 14.2. The van der Waals surface area contributed by atoms with Crippen molar-refractivity contribution in [2.45, 2.75) is 40.0 Å². The largest absolute Gasteiger partial charge is 0.465 e. The molecule has 0 saturated carbocycles. The Morgan fingerprint density at radius 2 is 1.94 bits per heavy atom. The van der Waals surface area contributed by atoms with Crippen LogP contribution >= 0.6 is 0 Å². The van der Waals surface area contributed by atoms with Crippen LogP contribution in [-0.2, 0) is 9.53 Å². The Kier molecular flexibility index (Phi) is 3.76. The Labute approximate surface area is 106 Å². The first-order valence-corrected chi connectivity index (χ1v) is 6.91. The summed E-state index contributed by atoms with van der Waals surface area (Å²) in [6.45, 7) is 10.5. The third-order valence-corrected chi connectivity index (χ3v) is 4.73. The van der Waals surface area contributed by atoms with E-state index < -0.39 is 0 Å². The highest BCUT2D eigenvalue weighted by atomic mass is 16.5. The summed E-state index contributed by atoms with van der Waals surface area (Å²) in [5.41, 5.74) is -0.253. The van der Waals surface area contributed by atoms with Gasteiger partial charge in [-0.1, -0.05) is 13.8 Å². The van der Waals surface area contributed by atoms with Crippen LogP contribution in [0.5, 0.6) is 0 Å². The molecule has 0 radical (unpaired) electrons. The molecule has 2 aliphatic rings. The highest BCUT2D eigenvalue weighted by Gasteiger charge is 2.41. The Morgan fingerprint density at radius 3 is 2.41 bits per heavy atom. The molecule has 0 N–H and O–H groups in total. The number of hydrogen-bond donors (Lipinski definition) is 0. The van der Waals surface area contributed by atoms with Crippen molar-refractivity contribution >= 4 is 5.97 Å². The summed E-state index contributed by atoms with van der Waals surface area (Å²) in [6.07, 6.45) is 3.39. The van der Waals surface area contributed by atoms with E-state index in [0.717, 1.165) is 37.9 Å². The van der Waals surface area contributed by atoms with Gasteiger partial charge in [-0.2, -0.15) is 0 Å². The number of carbonyl (C=O) groups is 1. The van der Waals surface area contributed by atoms with E-state index in [9.17, 15) is 4.79 Å². The normalized spacial score (nSPS) is 40.1. The summed E-state index contributed by atoms with van der Waals surface area (Å²) in [5.74, 6) is 1.62. The van der Waals surface area contributed by atoms with Crippen LogP contribution in [0.1, 0.15) is 41.5 Å². The summed E-state index contributed by atoms with van der Waals surface area (Å²) >= 11 is 0. The zero-order valence-electron chi connectivity index (χ0n) is 11.4. The molecule has 0 amide bonds. The Balaban J connectivity index is 0.00000162. The fraction of sp³-hybridized carbons (Fsp3) is 0.929. The predicted octanol–water partition coefficient (Wildman–Crippen LogP) is 2.55. The van der Waals surface area contributed by atoms with Crippen LogP contribution < -0.4 is 0 Å². The molecule has 0 aromatic carbocycles. The molecule has 0 aromatic rings. The minimum absolute atomic E-state index is 0. The number of carbonyl (C=O) groups excluding carboxylic acids is 1. The van der Waals surface area contributed by atoms with Crippen molar-refractivity contribution in [2.24, 2.45) is 17.3 Å². The number of hydrogen-bond acceptors (Lipinski definition) is 3. The van der Waals surface area contributed by atoms with Gasteiger partial charge in [0.05, 0.1) is 12.0 Å². The first kappa shape index (κ1) is 12.9. The van der Waals surface area contributed by atoms with Crippen molar-refractivity contribution in [1.29, 1.82) is 0 Å². The molecule has 3 atom stereocenters. The third-order valence-electron chi connectivity index (χ3n) is 4.73. The van der Waals surface area contributed by atoms with Crippen LogP contribution in [0.25, 0.3) is 0 Å². The maximum atomic E-state index is 11.7. The van der Waals surface area contributed by atoms with Crippen molar-refractivity contribution in [2.75, 3.05) is 26.2 Å². The van der Waals surface area contributed by atoms with Gasteiger partial charge in [0.15, 0.2) is 0 Å². The number of cyclic esters (lactones) is 1. The number of likely N-dealkylation sites (tertiary alicyclic amines) is 1. The molecule has 0 aromatic heterocycles. The van der Waals surface area contributed by atoms with Gasteiger partial charge in [-0.3, -0.25) is 4.79 Å². The summed E-state index contributed by atoms with van der Waals surface area (Å²) in [5, 5.41) is 0. The van der Waals surface area contributed by atoms with Gasteiger partial charge in [-0.15, -0.1) is 0 Å². The number of ether oxygens (including phenoxy) is 1. The maximum absolute atomic E-state index is 11.7. The molecule has 17 heavy (non-hydrogen) atoms. The Bertz CT molecular complexity index is 286. The average Bonchev–Trinajstić information content (AvgIpc) is 2.53. The molecular formula is C14H27NO2. The highest BCUT2D eigenvalue weighted by molar-refractivity contribution is 5.78. The second-order valence-electron chi connectivity index (χ2n) is 6.25. The Morgan fingerprint density at radius 1 is 1.35 bits per heavy atom. The minimum atomic E-state index is -0.253. The molecule has 2 rings (SSSR count). The zero-order chi connectivity index (χ0) is 12.5. The maximum Gasteiger partial charge on any atom is 0.313 e. The van der Waals surface area contributed by atoms with E-state index in [1.54, 1.807) is 0 Å². The zero-order valence-corrected chi connectivity index (χ0v) is 11.4. The average molecular weight is 241 g/mol. The van der Waals surface area contributed by atoms with E-state index in [-0.39, 0.29) is 12.8 Å². The van der Waals surface area contributed by atoms with E-state index in [4.69, 9.17) is 4.74 Å². The lowest BCUT2D eigenvalue weighted by Crippen LogP contribution is -2.39. The second-order valence-corrected chi connectivity index (χ2v) is 6.25. The topological polar surface area (TPSA) is 29.5 Å². The molecule has 0 spiro atoms. The molecule has 3 unspecified atom stereocenters. The summed E-state index contributed by atoms with van der Waals surface area (Å²) in [7, 11) is 0. The smallest absolute Gasteiger partial charge is 0.313 e. The number of esters is 1. The molecule has 2 saturated heterocycles. The molecule has 2 aliphatic heterocycles. The standard InChI is InChI=1S/C14H25NO2.H2/c1-11-4-7-15(8-5-12(11)2)10-14(3)6-9-17-13(14)16;/h11-12H,4-10H2,1-3H3;1H. The Hall–Kier alpha value is -0.570. The van der Waals surface area contributed by atoms with Gasteiger partial charge in [-0.05, 0) is 51.1 Å². The van der Waals surface area contributed by atoms with Crippen LogP contribution in [0.15, 0.2) is 0 Å². The van der Waals surface area contributed by atoms with Crippen molar-refractivity contribution in [3.63, 3.8) is 0 Å². The van der Waals surface area contributed by atoms with Gasteiger partial charge in [0.1, 0.15) is 0 Å². The van der Waals surface area contributed by atoms with Crippen molar-refractivity contribution in [3.05, 3.63) is 0 Å². The fourth-order valence-electron chi connectivity index (χ4n) is 2.89. The van der Waals surface area contributed by atoms with Crippen LogP contribution in [0.2, 0.25) is 0 Å². The van der Waals surface area contributed by atoms with E-state index in [0.29, 0.717) is 6.61 Å². The summed E-state index contributed by atoms with van der Waals surface area (Å²) in [6, 6.07) is 0. The third kappa shape index (κ3) is 2.82. The minimum Gasteiger partial charge on any atom is -0.465 e.